The van der Waals surface area contributed by atoms with Gasteiger partial charge in [0.2, 0.25) is 0 Å². The molecule has 1 amide bonds. The van der Waals surface area contributed by atoms with Gasteiger partial charge in [-0.25, -0.2) is 5.01 Å². The largest absolute Gasteiger partial charge is 0.285 e. The molecular formula is C9H10BrN3O3. The van der Waals surface area contributed by atoms with E-state index in [1.807, 2.05) is 0 Å². The number of rotatable bonds is 3. The topological polar surface area (TPSA) is 75.5 Å². The zero-order chi connectivity index (χ0) is 12.3. The first-order valence-electron chi connectivity index (χ1n) is 4.34. The van der Waals surface area contributed by atoms with Crippen LogP contribution in [0.2, 0.25) is 0 Å². The van der Waals surface area contributed by atoms with Gasteiger partial charge in [0.05, 0.1) is 10.5 Å². The number of nitro benzene ring substituents is 1. The minimum absolute atomic E-state index is 0.133. The number of nitrogens with one attached hydrogen (secondary N) is 1. The van der Waals surface area contributed by atoms with Crippen molar-refractivity contribution in [2.45, 2.75) is 0 Å². The number of halogens is 1. The van der Waals surface area contributed by atoms with Crippen LogP contribution in [0.1, 0.15) is 10.4 Å². The van der Waals surface area contributed by atoms with Gasteiger partial charge in [-0.2, -0.15) is 0 Å². The molecule has 7 heteroatoms. The first-order chi connectivity index (χ1) is 7.43. The van der Waals surface area contributed by atoms with Crippen LogP contribution in [0.15, 0.2) is 22.7 Å². The maximum Gasteiger partial charge on any atom is 0.284 e. The third-order valence-corrected chi connectivity index (χ3v) is 2.58. The van der Waals surface area contributed by atoms with Crippen molar-refractivity contribution in [1.82, 2.24) is 10.4 Å². The molecule has 0 fully saturated rings. The van der Waals surface area contributed by atoms with E-state index in [0.717, 1.165) is 0 Å². The zero-order valence-electron chi connectivity index (χ0n) is 8.73. The number of nitro groups is 1. The average molecular weight is 288 g/mol. The Morgan fingerprint density at radius 1 is 1.50 bits per heavy atom. The van der Waals surface area contributed by atoms with Crippen LogP contribution in [0.25, 0.3) is 0 Å². The van der Waals surface area contributed by atoms with Gasteiger partial charge in [0.25, 0.3) is 11.6 Å². The summed E-state index contributed by atoms with van der Waals surface area (Å²) in [6, 6.07) is 4.31. The highest BCUT2D eigenvalue weighted by Crippen LogP contribution is 2.28. The van der Waals surface area contributed by atoms with Crippen molar-refractivity contribution < 1.29 is 9.72 Å². The standard InChI is InChI=1S/C9H10BrN3O3/c1-12(2)11-9(14)6-4-3-5-7(8(6)10)13(15)16/h3-5H,1-2H3,(H,11,14). The van der Waals surface area contributed by atoms with Crippen LogP contribution in [0.4, 0.5) is 5.69 Å². The summed E-state index contributed by atoms with van der Waals surface area (Å²) < 4.78 is 0.180. The first kappa shape index (κ1) is 12.6. The lowest BCUT2D eigenvalue weighted by atomic mass is 10.2. The molecule has 0 unspecified atom stereocenters. The summed E-state index contributed by atoms with van der Waals surface area (Å²) in [5.41, 5.74) is 2.60. The Hall–Kier alpha value is -1.47. The van der Waals surface area contributed by atoms with Gasteiger partial charge >= 0.3 is 0 Å². The molecule has 0 atom stereocenters. The molecular weight excluding hydrogens is 278 g/mol. The quantitative estimate of drug-likeness (QED) is 0.676. The van der Waals surface area contributed by atoms with Gasteiger partial charge in [-0.15, -0.1) is 0 Å². The van der Waals surface area contributed by atoms with E-state index in [4.69, 9.17) is 0 Å². The van der Waals surface area contributed by atoms with Gasteiger partial charge < -0.3 is 0 Å². The fourth-order valence-corrected chi connectivity index (χ4v) is 1.69. The molecule has 1 aromatic rings. The van der Waals surface area contributed by atoms with Crippen LogP contribution in [0.3, 0.4) is 0 Å². The minimum atomic E-state index is -0.545. The Bertz CT molecular complexity index is 434. The van der Waals surface area contributed by atoms with Crippen LogP contribution in [-0.4, -0.2) is 29.9 Å². The van der Waals surface area contributed by atoms with E-state index in [2.05, 4.69) is 21.4 Å². The first-order valence-corrected chi connectivity index (χ1v) is 5.14. The van der Waals surface area contributed by atoms with Gasteiger partial charge in [-0.05, 0) is 22.0 Å². The molecule has 0 saturated heterocycles. The summed E-state index contributed by atoms with van der Waals surface area (Å²) >= 11 is 3.05. The van der Waals surface area contributed by atoms with E-state index in [1.54, 1.807) is 14.1 Å². The number of carbonyl (C=O) groups excluding carboxylic acids is 1. The SMILES string of the molecule is CN(C)NC(=O)c1cccc([N+](=O)[O-])c1Br. The van der Waals surface area contributed by atoms with E-state index in [-0.39, 0.29) is 15.7 Å². The van der Waals surface area contributed by atoms with Gasteiger partial charge in [-0.1, -0.05) is 6.07 Å². The summed E-state index contributed by atoms with van der Waals surface area (Å²) in [7, 11) is 3.31. The second kappa shape index (κ2) is 5.04. The summed E-state index contributed by atoms with van der Waals surface area (Å²) in [5, 5.41) is 12.1. The number of benzene rings is 1. The summed E-state index contributed by atoms with van der Waals surface area (Å²) in [6.45, 7) is 0. The second-order valence-electron chi connectivity index (χ2n) is 3.23. The molecule has 1 N–H and O–H groups in total. The van der Waals surface area contributed by atoms with Crippen molar-refractivity contribution in [2.24, 2.45) is 0 Å². The van der Waals surface area contributed by atoms with Gasteiger partial charge in [0, 0.05) is 20.2 Å². The number of hydrogen-bond acceptors (Lipinski definition) is 4. The fraction of sp³-hybridized carbons (Fsp3) is 0.222. The van der Waals surface area contributed by atoms with Gasteiger partial charge in [-0.3, -0.25) is 20.3 Å². The number of carbonyl (C=O) groups is 1. The van der Waals surface area contributed by atoms with Crippen molar-refractivity contribution >= 4 is 27.5 Å². The third-order valence-electron chi connectivity index (χ3n) is 1.74. The van der Waals surface area contributed by atoms with Crippen LogP contribution in [-0.2, 0) is 0 Å². The molecule has 0 aromatic heterocycles. The highest BCUT2D eigenvalue weighted by molar-refractivity contribution is 9.10. The van der Waals surface area contributed by atoms with E-state index in [0.29, 0.717) is 0 Å². The monoisotopic (exact) mass is 287 g/mol. The van der Waals surface area contributed by atoms with Crippen LogP contribution < -0.4 is 5.43 Å². The Balaban J connectivity index is 3.10. The van der Waals surface area contributed by atoms with Crippen LogP contribution in [0, 0.1) is 10.1 Å². The average Bonchev–Trinajstić information content (AvgIpc) is 2.16. The Kier molecular flexibility index (Phi) is 3.97. The van der Waals surface area contributed by atoms with E-state index >= 15 is 0 Å². The molecule has 0 aliphatic rings. The second-order valence-corrected chi connectivity index (χ2v) is 4.02. The molecule has 1 rings (SSSR count). The Morgan fingerprint density at radius 3 is 2.62 bits per heavy atom. The van der Waals surface area contributed by atoms with E-state index < -0.39 is 10.8 Å². The third kappa shape index (κ3) is 2.77. The fourth-order valence-electron chi connectivity index (χ4n) is 1.10. The van der Waals surface area contributed by atoms with E-state index in [9.17, 15) is 14.9 Å². The molecule has 0 aliphatic heterocycles. The highest BCUT2D eigenvalue weighted by Gasteiger charge is 2.19. The van der Waals surface area contributed by atoms with Crippen LogP contribution >= 0.6 is 15.9 Å². The lowest BCUT2D eigenvalue weighted by molar-refractivity contribution is -0.385. The van der Waals surface area contributed by atoms with E-state index in [1.165, 1.54) is 23.2 Å². The number of hydrazine groups is 1. The van der Waals surface area contributed by atoms with Crippen molar-refractivity contribution in [1.29, 1.82) is 0 Å². The normalized spacial score (nSPS) is 10.2. The number of hydrogen-bond donors (Lipinski definition) is 1. The predicted octanol–water partition coefficient (Wildman–Crippen LogP) is 1.56. The Morgan fingerprint density at radius 2 is 2.12 bits per heavy atom. The maximum absolute atomic E-state index is 11.6. The van der Waals surface area contributed by atoms with Gasteiger partial charge in [0.15, 0.2) is 0 Å². The minimum Gasteiger partial charge on any atom is -0.285 e. The molecule has 16 heavy (non-hydrogen) atoms. The smallest absolute Gasteiger partial charge is 0.284 e. The van der Waals surface area contributed by atoms with Gasteiger partial charge in [0.1, 0.15) is 4.47 Å². The molecule has 0 aliphatic carbocycles. The van der Waals surface area contributed by atoms with Crippen molar-refractivity contribution in [3.05, 3.63) is 38.3 Å². The molecule has 6 nitrogen and oxygen atoms in total. The maximum atomic E-state index is 11.6. The number of nitrogens with zero attached hydrogens (tertiary/aromatic N) is 2. The lowest BCUT2D eigenvalue weighted by Crippen LogP contribution is -2.36. The lowest BCUT2D eigenvalue weighted by Gasteiger charge is -2.12. The molecule has 0 spiro atoms. The summed E-state index contributed by atoms with van der Waals surface area (Å²) in [5.74, 6) is -0.402. The molecule has 86 valence electrons. The summed E-state index contributed by atoms with van der Waals surface area (Å²) in [6.07, 6.45) is 0. The van der Waals surface area contributed by atoms with Crippen molar-refractivity contribution in [3.8, 4) is 0 Å². The van der Waals surface area contributed by atoms with Crippen molar-refractivity contribution in [2.75, 3.05) is 14.1 Å². The van der Waals surface area contributed by atoms with Crippen LogP contribution in [0.5, 0.6) is 0 Å². The zero-order valence-corrected chi connectivity index (χ0v) is 10.3. The Labute approximate surface area is 100 Å². The molecule has 1 aromatic carbocycles. The number of amides is 1. The molecule has 0 saturated carbocycles. The highest BCUT2D eigenvalue weighted by atomic mass is 79.9. The summed E-state index contributed by atoms with van der Waals surface area (Å²) in [4.78, 5) is 21.8. The predicted molar refractivity (Wildman–Crippen MR) is 61.9 cm³/mol. The molecule has 0 bridgehead atoms. The molecule has 0 heterocycles. The molecule has 0 radical (unpaired) electrons. The van der Waals surface area contributed by atoms with Crippen molar-refractivity contribution in [3.63, 3.8) is 0 Å².